The quantitative estimate of drug-likeness (QED) is 0.358. The summed E-state index contributed by atoms with van der Waals surface area (Å²) in [6.07, 6.45) is 8.52. The van der Waals surface area contributed by atoms with Gasteiger partial charge in [0.25, 0.3) is 5.91 Å². The molecule has 0 atom stereocenters. The van der Waals surface area contributed by atoms with Gasteiger partial charge in [-0.2, -0.15) is 0 Å². The normalized spacial score (nSPS) is 17.0. The molecule has 2 aliphatic heterocycles. The predicted molar refractivity (Wildman–Crippen MR) is 169 cm³/mol. The molecule has 228 valence electrons. The summed E-state index contributed by atoms with van der Waals surface area (Å²) in [5.41, 5.74) is 2.93. The van der Waals surface area contributed by atoms with Gasteiger partial charge >= 0.3 is 6.09 Å². The average molecular weight is 605 g/mol. The van der Waals surface area contributed by atoms with Gasteiger partial charge in [-0.25, -0.2) is 9.78 Å². The van der Waals surface area contributed by atoms with Crippen LogP contribution in [0.5, 0.6) is 0 Å². The Balaban J connectivity index is 1.06. The number of nitrogens with zero attached hydrogens (tertiary/aromatic N) is 4. The van der Waals surface area contributed by atoms with E-state index >= 15 is 0 Å². The van der Waals surface area contributed by atoms with Crippen molar-refractivity contribution in [2.75, 3.05) is 31.1 Å². The number of rotatable bonds is 7. The molecule has 3 aromatic rings. The number of aromatic nitrogens is 2. The van der Waals surface area contributed by atoms with Crippen LogP contribution in [0.1, 0.15) is 62.4 Å². The minimum atomic E-state index is -0.494. The first-order valence-electron chi connectivity index (χ1n) is 15.1. The number of hydrogen-bond donors (Lipinski definition) is 2. The molecular weight excluding hydrogens is 564 g/mol. The van der Waals surface area contributed by atoms with Crippen LogP contribution < -0.4 is 15.5 Å². The molecule has 5 rings (SSSR count). The second-order valence-corrected chi connectivity index (χ2v) is 12.7. The maximum Gasteiger partial charge on any atom is 0.407 e. The number of ether oxygens (including phenoxy) is 1. The molecule has 2 aliphatic rings. The van der Waals surface area contributed by atoms with Crippen LogP contribution in [-0.4, -0.2) is 70.7 Å². The van der Waals surface area contributed by atoms with Crippen molar-refractivity contribution in [2.24, 2.45) is 0 Å². The van der Waals surface area contributed by atoms with Gasteiger partial charge in [-0.1, -0.05) is 29.8 Å². The van der Waals surface area contributed by atoms with Crippen molar-refractivity contribution in [3.05, 3.63) is 77.2 Å². The Morgan fingerprint density at radius 3 is 2.26 bits per heavy atom. The molecule has 0 radical (unpaired) electrons. The maximum absolute atomic E-state index is 13.1. The number of piperidine rings is 2. The summed E-state index contributed by atoms with van der Waals surface area (Å²) < 4.78 is 5.39. The second kappa shape index (κ2) is 13.7. The highest BCUT2D eigenvalue weighted by Crippen LogP contribution is 2.30. The number of pyridine rings is 2. The van der Waals surface area contributed by atoms with Gasteiger partial charge in [0.2, 0.25) is 0 Å². The molecule has 2 amide bonds. The van der Waals surface area contributed by atoms with Gasteiger partial charge in [-0.3, -0.25) is 14.7 Å². The highest BCUT2D eigenvalue weighted by molar-refractivity contribution is 6.36. The summed E-state index contributed by atoms with van der Waals surface area (Å²) in [5, 5.41) is 6.65. The number of halogens is 1. The SMILES string of the molecule is CC(C)(C)OC(=O)NC1CCN(c2ccc(CN3CCC(NC(=O)c4cccc(-c5ccncc5)c4Cl)CC3)cn2)CC1. The Kier molecular flexibility index (Phi) is 9.82. The number of anilines is 1. The Hall–Kier alpha value is -3.69. The monoisotopic (exact) mass is 604 g/mol. The van der Waals surface area contributed by atoms with E-state index in [-0.39, 0.29) is 24.1 Å². The molecule has 9 nitrogen and oxygen atoms in total. The third kappa shape index (κ3) is 8.45. The van der Waals surface area contributed by atoms with Crippen molar-refractivity contribution in [2.45, 2.75) is 70.7 Å². The molecule has 2 saturated heterocycles. The van der Waals surface area contributed by atoms with Crippen LogP contribution in [0.25, 0.3) is 11.1 Å². The molecule has 0 spiro atoms. The second-order valence-electron chi connectivity index (χ2n) is 12.4. The Bertz CT molecular complexity index is 1380. The van der Waals surface area contributed by atoms with Gasteiger partial charge in [-0.05, 0) is 81.8 Å². The van der Waals surface area contributed by atoms with Gasteiger partial charge in [-0.15, -0.1) is 0 Å². The molecule has 0 unspecified atom stereocenters. The van der Waals surface area contributed by atoms with Crippen LogP contribution in [0, 0.1) is 0 Å². The van der Waals surface area contributed by atoms with Gasteiger partial charge in [0, 0.05) is 69.0 Å². The number of likely N-dealkylation sites (tertiary alicyclic amines) is 1. The molecule has 2 fully saturated rings. The summed E-state index contributed by atoms with van der Waals surface area (Å²) >= 11 is 6.66. The Morgan fingerprint density at radius 1 is 0.930 bits per heavy atom. The minimum absolute atomic E-state index is 0.109. The topological polar surface area (TPSA) is 99.7 Å². The lowest BCUT2D eigenvalue weighted by molar-refractivity contribution is 0.0497. The number of carbonyl (C=O) groups is 2. The van der Waals surface area contributed by atoms with E-state index in [2.05, 4.69) is 37.6 Å². The summed E-state index contributed by atoms with van der Waals surface area (Å²) in [4.78, 5) is 38.7. The number of benzene rings is 1. The minimum Gasteiger partial charge on any atom is -0.444 e. The smallest absolute Gasteiger partial charge is 0.407 e. The first-order chi connectivity index (χ1) is 20.6. The number of hydrogen-bond acceptors (Lipinski definition) is 7. The molecule has 2 aromatic heterocycles. The van der Waals surface area contributed by atoms with Gasteiger partial charge in [0.15, 0.2) is 0 Å². The van der Waals surface area contributed by atoms with Crippen molar-refractivity contribution in [1.29, 1.82) is 0 Å². The van der Waals surface area contributed by atoms with E-state index in [9.17, 15) is 9.59 Å². The lowest BCUT2D eigenvalue weighted by atomic mass is 10.0. The molecule has 2 N–H and O–H groups in total. The highest BCUT2D eigenvalue weighted by atomic mass is 35.5. The number of amides is 2. The Labute approximate surface area is 259 Å². The van der Waals surface area contributed by atoms with Crippen molar-refractivity contribution in [3.8, 4) is 11.1 Å². The van der Waals surface area contributed by atoms with E-state index in [0.717, 1.165) is 75.4 Å². The highest BCUT2D eigenvalue weighted by Gasteiger charge is 2.25. The van der Waals surface area contributed by atoms with Crippen molar-refractivity contribution in [3.63, 3.8) is 0 Å². The zero-order valence-corrected chi connectivity index (χ0v) is 25.9. The Morgan fingerprint density at radius 2 is 1.60 bits per heavy atom. The fourth-order valence-electron chi connectivity index (χ4n) is 5.64. The van der Waals surface area contributed by atoms with E-state index in [1.54, 1.807) is 18.5 Å². The van der Waals surface area contributed by atoms with Crippen molar-refractivity contribution >= 4 is 29.4 Å². The fraction of sp³-hybridized carbons (Fsp3) is 0.455. The molecule has 4 heterocycles. The lowest BCUT2D eigenvalue weighted by Crippen LogP contribution is -2.46. The lowest BCUT2D eigenvalue weighted by Gasteiger charge is -2.34. The van der Waals surface area contributed by atoms with Crippen LogP contribution in [0.3, 0.4) is 0 Å². The van der Waals surface area contributed by atoms with Gasteiger partial charge in [0.05, 0.1) is 10.6 Å². The van der Waals surface area contributed by atoms with Gasteiger partial charge in [0.1, 0.15) is 11.4 Å². The number of nitrogens with one attached hydrogen (secondary N) is 2. The molecular formula is C33H41ClN6O3. The zero-order chi connectivity index (χ0) is 30.4. The largest absolute Gasteiger partial charge is 0.444 e. The van der Waals surface area contributed by atoms with E-state index in [4.69, 9.17) is 21.3 Å². The van der Waals surface area contributed by atoms with Crippen LogP contribution in [0.4, 0.5) is 10.6 Å². The first-order valence-corrected chi connectivity index (χ1v) is 15.4. The zero-order valence-electron chi connectivity index (χ0n) is 25.2. The van der Waals surface area contributed by atoms with Crippen LogP contribution in [0.15, 0.2) is 61.1 Å². The molecule has 0 aliphatic carbocycles. The third-order valence-corrected chi connectivity index (χ3v) is 8.32. The molecule has 43 heavy (non-hydrogen) atoms. The summed E-state index contributed by atoms with van der Waals surface area (Å²) in [6.45, 7) is 9.91. The van der Waals surface area contributed by atoms with E-state index < -0.39 is 5.60 Å². The number of carbonyl (C=O) groups excluding carboxylic acids is 2. The van der Waals surface area contributed by atoms with E-state index in [1.807, 2.05) is 51.2 Å². The molecule has 0 saturated carbocycles. The fourth-order valence-corrected chi connectivity index (χ4v) is 5.96. The summed E-state index contributed by atoms with van der Waals surface area (Å²) in [5.74, 6) is 0.830. The predicted octanol–water partition coefficient (Wildman–Crippen LogP) is 5.68. The molecule has 0 bridgehead atoms. The third-order valence-electron chi connectivity index (χ3n) is 7.91. The van der Waals surface area contributed by atoms with Gasteiger partial charge < -0.3 is 20.3 Å². The van der Waals surface area contributed by atoms with E-state index in [0.29, 0.717) is 10.6 Å². The number of alkyl carbamates (subject to hydrolysis) is 1. The van der Waals surface area contributed by atoms with Crippen molar-refractivity contribution in [1.82, 2.24) is 25.5 Å². The molecule has 10 heteroatoms. The van der Waals surface area contributed by atoms with Crippen LogP contribution >= 0.6 is 11.6 Å². The van der Waals surface area contributed by atoms with E-state index in [1.165, 1.54) is 5.56 Å². The van der Waals surface area contributed by atoms with Crippen LogP contribution in [-0.2, 0) is 11.3 Å². The summed E-state index contributed by atoms with van der Waals surface area (Å²) in [6, 6.07) is 13.8. The summed E-state index contributed by atoms with van der Waals surface area (Å²) in [7, 11) is 0. The standard InChI is InChI=1S/C33H41ClN6O3/c1-33(2,3)43-32(42)38-26-13-19-40(20-14-26)29-8-7-23(21-36-29)22-39-17-11-25(12-18-39)37-31(41)28-6-4-5-27(30(28)34)24-9-15-35-16-10-24/h4-10,15-16,21,25-26H,11-14,17-20,22H2,1-3H3,(H,37,41)(H,38,42). The first kappa shape index (κ1) is 30.8. The van der Waals surface area contributed by atoms with Crippen molar-refractivity contribution < 1.29 is 14.3 Å². The molecule has 1 aromatic carbocycles. The maximum atomic E-state index is 13.1. The van der Waals surface area contributed by atoms with Crippen LogP contribution in [0.2, 0.25) is 5.02 Å². The average Bonchev–Trinajstić information content (AvgIpc) is 2.98.